The Bertz CT molecular complexity index is 3470. The smallest absolute Gasteiger partial charge is 0.146 e. The minimum Gasteiger partial charge on any atom is -0.291 e. The summed E-state index contributed by atoms with van der Waals surface area (Å²) in [6.07, 6.45) is 3.69. The molecule has 0 unspecified atom stereocenters. The van der Waals surface area contributed by atoms with Crippen molar-refractivity contribution in [2.45, 2.75) is 0 Å². The Morgan fingerprint density at radius 1 is 0.358 bits per heavy atom. The molecule has 53 heavy (non-hydrogen) atoms. The van der Waals surface area contributed by atoms with Gasteiger partial charge < -0.3 is 0 Å². The Kier molecular flexibility index (Phi) is 5.74. The molecule has 12 aromatic rings. The third kappa shape index (κ3) is 3.92. The maximum absolute atomic E-state index is 5.39. The summed E-state index contributed by atoms with van der Waals surface area (Å²) in [6, 6.07) is 57.2. The second-order valence-electron chi connectivity index (χ2n) is 13.9. The van der Waals surface area contributed by atoms with Gasteiger partial charge in [-0.2, -0.15) is 0 Å². The fourth-order valence-electron chi connectivity index (χ4n) is 8.95. The summed E-state index contributed by atoms with van der Waals surface area (Å²) in [5.74, 6) is 0. The van der Waals surface area contributed by atoms with Gasteiger partial charge in [-0.15, -0.1) is 0 Å². The Balaban J connectivity index is 1.21. The van der Waals surface area contributed by atoms with Gasteiger partial charge in [-0.25, -0.2) is 4.98 Å². The maximum atomic E-state index is 5.39. The Morgan fingerprint density at radius 2 is 0.887 bits per heavy atom. The molecule has 0 aliphatic carbocycles. The topological polar surface area (TPSA) is 43.1 Å². The zero-order chi connectivity index (χ0) is 34.6. The number of fused-ring (bicyclic) bond motifs is 16. The van der Waals surface area contributed by atoms with Crippen LogP contribution in [0, 0.1) is 0 Å². The van der Waals surface area contributed by atoms with Gasteiger partial charge in [0.2, 0.25) is 0 Å². The number of hydrogen-bond donors (Lipinski definition) is 0. The molecule has 4 aromatic heterocycles. The van der Waals surface area contributed by atoms with Gasteiger partial charge in [0.25, 0.3) is 0 Å². The first-order valence-corrected chi connectivity index (χ1v) is 18.0. The lowest BCUT2D eigenvalue weighted by molar-refractivity contribution is 1.32. The van der Waals surface area contributed by atoms with Crippen LogP contribution in [0.5, 0.6) is 0 Å². The number of hydrogen-bond acceptors (Lipinski definition) is 3. The van der Waals surface area contributed by atoms with Gasteiger partial charge in [0.15, 0.2) is 0 Å². The molecule has 0 aliphatic rings. The fourth-order valence-corrected chi connectivity index (χ4v) is 8.95. The summed E-state index contributed by atoms with van der Waals surface area (Å²) < 4.78 is 2.35. The summed E-state index contributed by atoms with van der Waals surface area (Å²) in [5, 5.41) is 13.0. The quantitative estimate of drug-likeness (QED) is 0.136. The Morgan fingerprint density at radius 3 is 1.58 bits per heavy atom. The molecule has 244 valence electrons. The summed E-state index contributed by atoms with van der Waals surface area (Å²) in [6.45, 7) is 0. The summed E-state index contributed by atoms with van der Waals surface area (Å²) in [4.78, 5) is 15.0. The van der Waals surface area contributed by atoms with Crippen LogP contribution in [-0.4, -0.2) is 19.4 Å². The van der Waals surface area contributed by atoms with E-state index < -0.39 is 0 Å². The minimum absolute atomic E-state index is 0.876. The van der Waals surface area contributed by atoms with Crippen molar-refractivity contribution in [2.24, 2.45) is 0 Å². The number of benzene rings is 8. The lowest BCUT2D eigenvalue weighted by Gasteiger charge is -2.19. The first-order valence-electron chi connectivity index (χ1n) is 18.0. The van der Waals surface area contributed by atoms with Crippen LogP contribution in [0.3, 0.4) is 0 Å². The second-order valence-corrected chi connectivity index (χ2v) is 13.9. The zero-order valence-electron chi connectivity index (χ0n) is 28.5. The molecule has 12 rings (SSSR count). The highest BCUT2D eigenvalue weighted by Gasteiger charge is 2.21. The van der Waals surface area contributed by atoms with E-state index in [0.29, 0.717) is 0 Å². The molecular formula is C49H28N4. The van der Waals surface area contributed by atoms with E-state index in [-0.39, 0.29) is 0 Å². The number of aromatic nitrogens is 4. The predicted molar refractivity (Wildman–Crippen MR) is 222 cm³/mol. The monoisotopic (exact) mass is 672 g/mol. The molecule has 4 heterocycles. The molecular weight excluding hydrogens is 645 g/mol. The lowest BCUT2D eigenvalue weighted by Crippen LogP contribution is -1.95. The van der Waals surface area contributed by atoms with E-state index in [4.69, 9.17) is 15.0 Å². The van der Waals surface area contributed by atoms with E-state index in [1.807, 2.05) is 24.5 Å². The van der Waals surface area contributed by atoms with Crippen molar-refractivity contribution in [2.75, 3.05) is 0 Å². The molecule has 0 radical (unpaired) electrons. The van der Waals surface area contributed by atoms with Gasteiger partial charge in [-0.05, 0) is 102 Å². The number of rotatable bonds is 2. The molecule has 0 fully saturated rings. The van der Waals surface area contributed by atoms with Crippen LogP contribution in [0.1, 0.15) is 0 Å². The van der Waals surface area contributed by atoms with Gasteiger partial charge in [0.1, 0.15) is 5.65 Å². The van der Waals surface area contributed by atoms with Crippen molar-refractivity contribution in [1.82, 2.24) is 19.4 Å². The van der Waals surface area contributed by atoms with Crippen molar-refractivity contribution < 1.29 is 0 Å². The van der Waals surface area contributed by atoms with Crippen LogP contribution >= 0.6 is 0 Å². The van der Waals surface area contributed by atoms with Crippen molar-refractivity contribution in [3.63, 3.8) is 0 Å². The Labute approximate surface area is 303 Å². The summed E-state index contributed by atoms with van der Waals surface area (Å²) >= 11 is 0. The van der Waals surface area contributed by atoms with E-state index in [9.17, 15) is 0 Å². The predicted octanol–water partition coefficient (Wildman–Crippen LogP) is 12.7. The fraction of sp³-hybridized carbons (Fsp3) is 0. The average molecular weight is 673 g/mol. The van der Waals surface area contributed by atoms with Crippen LogP contribution < -0.4 is 0 Å². The van der Waals surface area contributed by atoms with Gasteiger partial charge in [-0.1, -0.05) is 115 Å². The molecule has 0 saturated heterocycles. The Hall–Kier alpha value is -7.17. The molecule has 0 saturated carbocycles. The number of imidazole rings is 1. The molecule has 0 atom stereocenters. The highest BCUT2D eigenvalue weighted by Crippen LogP contribution is 2.46. The third-order valence-corrected chi connectivity index (χ3v) is 11.2. The van der Waals surface area contributed by atoms with Crippen LogP contribution in [0.2, 0.25) is 0 Å². The van der Waals surface area contributed by atoms with Gasteiger partial charge in [-0.3, -0.25) is 14.4 Å². The first kappa shape index (κ1) is 28.5. The van der Waals surface area contributed by atoms with E-state index >= 15 is 0 Å². The molecule has 0 aliphatic heterocycles. The van der Waals surface area contributed by atoms with Crippen molar-refractivity contribution in [3.05, 3.63) is 170 Å². The molecule has 0 N–H and O–H groups in total. The first-order chi connectivity index (χ1) is 26.3. The third-order valence-electron chi connectivity index (χ3n) is 11.2. The van der Waals surface area contributed by atoms with Gasteiger partial charge in [0, 0.05) is 33.9 Å². The van der Waals surface area contributed by atoms with E-state index in [1.165, 1.54) is 65.3 Å². The largest absolute Gasteiger partial charge is 0.291 e. The van der Waals surface area contributed by atoms with Crippen LogP contribution in [0.4, 0.5) is 0 Å². The number of pyridine rings is 3. The molecule has 4 nitrogen and oxygen atoms in total. The highest BCUT2D eigenvalue weighted by molar-refractivity contribution is 6.26. The normalized spacial score (nSPS) is 12.2. The molecule has 0 spiro atoms. The minimum atomic E-state index is 0.876. The zero-order valence-corrected chi connectivity index (χ0v) is 28.5. The molecule has 4 heteroatoms. The molecule has 0 amide bonds. The van der Waals surface area contributed by atoms with Crippen LogP contribution in [0.25, 0.3) is 115 Å². The second kappa shape index (κ2) is 10.7. The SMILES string of the molecule is c1ccc2cc(-c3c4ccccc4c(-c4ccc5c(c4)c4ccccc4c4nc6c7cccnc7c7ncccc7c6n54)c4ccccc34)ccc2c1. The maximum Gasteiger partial charge on any atom is 0.146 e. The van der Waals surface area contributed by atoms with Crippen LogP contribution in [-0.2, 0) is 0 Å². The van der Waals surface area contributed by atoms with E-state index in [2.05, 4.69) is 150 Å². The van der Waals surface area contributed by atoms with E-state index in [0.717, 1.165) is 49.4 Å². The van der Waals surface area contributed by atoms with Crippen molar-refractivity contribution in [3.8, 4) is 22.3 Å². The van der Waals surface area contributed by atoms with Gasteiger partial charge >= 0.3 is 0 Å². The number of nitrogens with zero attached hydrogens (tertiary/aromatic N) is 4. The van der Waals surface area contributed by atoms with E-state index in [1.54, 1.807) is 0 Å². The molecule has 8 aromatic carbocycles. The van der Waals surface area contributed by atoms with Crippen LogP contribution in [0.15, 0.2) is 170 Å². The van der Waals surface area contributed by atoms with Gasteiger partial charge in [0.05, 0.1) is 27.6 Å². The standard InChI is InChI=1S/C49H28N4/c1-2-12-30-27-31(22-21-29(30)11-1)43-34-14-4-6-16-36(34)44(37-17-7-5-15-35(37)43)32-23-24-42-41(28-32)33-13-3-8-18-38(33)49-52-47-39-19-9-25-50-45(39)46-40(20-10-26-51-46)48(47)53(42)49/h1-28H. The molecule has 0 bridgehead atoms. The van der Waals surface area contributed by atoms with Crippen molar-refractivity contribution in [1.29, 1.82) is 0 Å². The highest BCUT2D eigenvalue weighted by atomic mass is 15.0. The summed E-state index contributed by atoms with van der Waals surface area (Å²) in [5.41, 5.74) is 10.7. The average Bonchev–Trinajstić information content (AvgIpc) is 3.64. The lowest BCUT2D eigenvalue weighted by atomic mass is 9.85. The van der Waals surface area contributed by atoms with Crippen molar-refractivity contribution >= 4 is 92.5 Å². The summed E-state index contributed by atoms with van der Waals surface area (Å²) in [7, 11) is 0.